The quantitative estimate of drug-likeness (QED) is 0.491. The van der Waals surface area contributed by atoms with Gasteiger partial charge in [0.15, 0.2) is 0 Å². The smallest absolute Gasteiger partial charge is 0.263 e. The number of rotatable bonds is 4. The van der Waals surface area contributed by atoms with Gasteiger partial charge < -0.3 is 5.32 Å². The summed E-state index contributed by atoms with van der Waals surface area (Å²) in [6.45, 7) is 2.76. The van der Waals surface area contributed by atoms with Crippen LogP contribution < -0.4 is 10.9 Å². The van der Waals surface area contributed by atoms with Gasteiger partial charge in [-0.15, -0.1) is 11.3 Å². The van der Waals surface area contributed by atoms with E-state index in [1.807, 2.05) is 22.8 Å². The molecule has 0 fully saturated rings. The normalized spacial score (nSPS) is 13.8. The maximum Gasteiger partial charge on any atom is 0.263 e. The van der Waals surface area contributed by atoms with Crippen LogP contribution in [-0.4, -0.2) is 9.55 Å². The Balaban J connectivity index is 1.70. The van der Waals surface area contributed by atoms with E-state index in [1.54, 1.807) is 11.3 Å². The molecule has 4 aromatic rings. The van der Waals surface area contributed by atoms with Crippen molar-refractivity contribution in [1.29, 1.82) is 0 Å². The Hall–Kier alpha value is -2.66. The molecule has 2 heterocycles. The van der Waals surface area contributed by atoms with E-state index < -0.39 is 0 Å². The maximum atomic E-state index is 13.4. The van der Waals surface area contributed by atoms with E-state index in [2.05, 4.69) is 36.5 Å². The van der Waals surface area contributed by atoms with Crippen molar-refractivity contribution in [3.05, 3.63) is 63.3 Å². The zero-order valence-corrected chi connectivity index (χ0v) is 16.8. The molecule has 0 saturated heterocycles. The fourth-order valence-electron chi connectivity index (χ4n) is 4.22. The highest BCUT2D eigenvalue weighted by Crippen LogP contribution is 2.35. The largest absolute Gasteiger partial charge is 0.325 e. The van der Waals surface area contributed by atoms with Crippen molar-refractivity contribution >= 4 is 44.0 Å². The van der Waals surface area contributed by atoms with Crippen LogP contribution in [0, 0.1) is 0 Å². The molecule has 2 aromatic carbocycles. The van der Waals surface area contributed by atoms with Gasteiger partial charge in [0, 0.05) is 22.5 Å². The lowest BCUT2D eigenvalue weighted by Gasteiger charge is -2.15. The third-order valence-electron chi connectivity index (χ3n) is 5.56. The van der Waals surface area contributed by atoms with E-state index in [0.717, 1.165) is 40.6 Å². The van der Waals surface area contributed by atoms with Gasteiger partial charge in [-0.2, -0.15) is 0 Å². The van der Waals surface area contributed by atoms with E-state index in [4.69, 9.17) is 4.98 Å². The summed E-state index contributed by atoms with van der Waals surface area (Å²) < 4.78 is 1.83. The second-order valence-corrected chi connectivity index (χ2v) is 8.52. The van der Waals surface area contributed by atoms with Crippen molar-refractivity contribution in [2.24, 2.45) is 0 Å². The van der Waals surface area contributed by atoms with Crippen molar-refractivity contribution in [3.8, 4) is 0 Å². The van der Waals surface area contributed by atoms with Crippen molar-refractivity contribution in [2.75, 3.05) is 5.32 Å². The highest BCUT2D eigenvalue weighted by atomic mass is 32.1. The lowest BCUT2D eigenvalue weighted by molar-refractivity contribution is 0.655. The molecule has 1 N–H and O–H groups in total. The van der Waals surface area contributed by atoms with Crippen LogP contribution in [0.4, 0.5) is 11.6 Å². The Bertz CT molecular complexity index is 1230. The van der Waals surface area contributed by atoms with Crippen molar-refractivity contribution in [3.63, 3.8) is 0 Å². The predicted molar refractivity (Wildman–Crippen MR) is 118 cm³/mol. The average molecular weight is 390 g/mol. The highest BCUT2D eigenvalue weighted by Gasteiger charge is 2.22. The molecule has 142 valence electrons. The predicted octanol–water partition coefficient (Wildman–Crippen LogP) is 5.64. The van der Waals surface area contributed by atoms with E-state index >= 15 is 0 Å². The molecular formula is C23H23N3OS. The zero-order chi connectivity index (χ0) is 19.1. The first-order chi connectivity index (χ1) is 13.8. The van der Waals surface area contributed by atoms with Gasteiger partial charge in [-0.05, 0) is 49.1 Å². The van der Waals surface area contributed by atoms with E-state index in [0.29, 0.717) is 12.5 Å². The SMILES string of the molecule is CCCn1c(Nc2cccc3ccccc23)nc2sc3c(c2c1=O)CCCC3. The molecule has 2 aromatic heterocycles. The van der Waals surface area contributed by atoms with Crippen LogP contribution in [-0.2, 0) is 19.4 Å². The summed E-state index contributed by atoms with van der Waals surface area (Å²) in [5, 5.41) is 6.63. The average Bonchev–Trinajstić information content (AvgIpc) is 3.09. The van der Waals surface area contributed by atoms with Gasteiger partial charge in [0.1, 0.15) is 4.83 Å². The summed E-state index contributed by atoms with van der Waals surface area (Å²) in [4.78, 5) is 20.6. The Labute approximate surface area is 167 Å². The lowest BCUT2D eigenvalue weighted by Crippen LogP contribution is -2.24. The first kappa shape index (κ1) is 17.4. The molecule has 5 rings (SSSR count). The number of thiophene rings is 1. The fourth-order valence-corrected chi connectivity index (χ4v) is 5.47. The molecule has 0 bridgehead atoms. The second kappa shape index (κ2) is 7.06. The van der Waals surface area contributed by atoms with Crippen molar-refractivity contribution < 1.29 is 0 Å². The number of benzene rings is 2. The topological polar surface area (TPSA) is 46.9 Å². The van der Waals surface area contributed by atoms with E-state index in [9.17, 15) is 4.79 Å². The minimum absolute atomic E-state index is 0.106. The van der Waals surface area contributed by atoms with Crippen LogP contribution >= 0.6 is 11.3 Å². The summed E-state index contributed by atoms with van der Waals surface area (Å²) in [5.41, 5.74) is 2.34. The van der Waals surface area contributed by atoms with Gasteiger partial charge in [0.25, 0.3) is 5.56 Å². The molecule has 0 amide bonds. The summed E-state index contributed by atoms with van der Waals surface area (Å²) in [5.74, 6) is 0.648. The minimum Gasteiger partial charge on any atom is -0.325 e. The summed E-state index contributed by atoms with van der Waals surface area (Å²) in [6, 6.07) is 14.5. The fraction of sp³-hybridized carbons (Fsp3) is 0.304. The Morgan fingerprint density at radius 3 is 2.82 bits per heavy atom. The molecule has 0 unspecified atom stereocenters. The number of fused-ring (bicyclic) bond motifs is 4. The van der Waals surface area contributed by atoms with Crippen LogP contribution in [0.3, 0.4) is 0 Å². The Morgan fingerprint density at radius 1 is 1.11 bits per heavy atom. The van der Waals surface area contributed by atoms with E-state index in [1.165, 1.54) is 28.7 Å². The number of hydrogen-bond acceptors (Lipinski definition) is 4. The monoisotopic (exact) mass is 389 g/mol. The second-order valence-electron chi connectivity index (χ2n) is 7.43. The standard InChI is InChI=1S/C23H23N3OS/c1-2-14-26-22(27)20-17-11-5-6-13-19(17)28-21(20)25-23(26)24-18-12-7-9-15-8-3-4-10-16(15)18/h3-4,7-10,12H,2,5-6,11,13-14H2,1H3,(H,24,25). The third kappa shape index (κ3) is 2.81. The Kier molecular flexibility index (Phi) is 4.40. The van der Waals surface area contributed by atoms with Crippen LogP contribution in [0.1, 0.15) is 36.6 Å². The first-order valence-electron chi connectivity index (χ1n) is 10.1. The van der Waals surface area contributed by atoms with Crippen LogP contribution in [0.25, 0.3) is 21.0 Å². The molecule has 0 saturated carbocycles. The summed E-state index contributed by atoms with van der Waals surface area (Å²) in [7, 11) is 0. The van der Waals surface area contributed by atoms with Crippen LogP contribution in [0.5, 0.6) is 0 Å². The van der Waals surface area contributed by atoms with E-state index in [-0.39, 0.29) is 5.56 Å². The van der Waals surface area contributed by atoms with Gasteiger partial charge in [-0.1, -0.05) is 43.3 Å². The van der Waals surface area contributed by atoms with Gasteiger partial charge in [0.2, 0.25) is 5.95 Å². The molecule has 4 nitrogen and oxygen atoms in total. The maximum absolute atomic E-state index is 13.4. The number of nitrogens with one attached hydrogen (secondary N) is 1. The zero-order valence-electron chi connectivity index (χ0n) is 16.0. The number of nitrogens with zero attached hydrogens (tertiary/aromatic N) is 2. The highest BCUT2D eigenvalue weighted by molar-refractivity contribution is 7.18. The van der Waals surface area contributed by atoms with Crippen LogP contribution in [0.15, 0.2) is 47.3 Å². The van der Waals surface area contributed by atoms with Crippen LogP contribution in [0.2, 0.25) is 0 Å². The molecule has 0 aliphatic heterocycles. The number of anilines is 2. The number of aryl methyl sites for hydroxylation is 2. The van der Waals surface area contributed by atoms with Gasteiger partial charge >= 0.3 is 0 Å². The number of aromatic nitrogens is 2. The molecule has 28 heavy (non-hydrogen) atoms. The first-order valence-corrected chi connectivity index (χ1v) is 10.9. The number of hydrogen-bond donors (Lipinski definition) is 1. The summed E-state index contributed by atoms with van der Waals surface area (Å²) in [6.07, 6.45) is 5.36. The van der Waals surface area contributed by atoms with Crippen molar-refractivity contribution in [2.45, 2.75) is 45.6 Å². The lowest BCUT2D eigenvalue weighted by atomic mass is 9.97. The molecule has 0 atom stereocenters. The van der Waals surface area contributed by atoms with Crippen molar-refractivity contribution in [1.82, 2.24) is 9.55 Å². The molecule has 1 aliphatic rings. The van der Waals surface area contributed by atoms with Gasteiger partial charge in [-0.3, -0.25) is 9.36 Å². The molecule has 0 radical (unpaired) electrons. The third-order valence-corrected chi connectivity index (χ3v) is 6.74. The van der Waals surface area contributed by atoms with Gasteiger partial charge in [-0.25, -0.2) is 4.98 Å². The van der Waals surface area contributed by atoms with Gasteiger partial charge in [0.05, 0.1) is 5.39 Å². The molecular weight excluding hydrogens is 366 g/mol. The molecule has 5 heteroatoms. The minimum atomic E-state index is 0.106. The molecule has 1 aliphatic carbocycles. The molecule has 0 spiro atoms. The Morgan fingerprint density at radius 2 is 1.93 bits per heavy atom. The summed E-state index contributed by atoms with van der Waals surface area (Å²) >= 11 is 1.70.